The molecule has 0 bridgehead atoms. The Morgan fingerprint density at radius 2 is 1.62 bits per heavy atom. The minimum atomic E-state index is 0.356. The Morgan fingerprint density at radius 1 is 0.966 bits per heavy atom. The van der Waals surface area contributed by atoms with Crippen molar-refractivity contribution in [1.29, 1.82) is 0 Å². The number of hydrogen-bond donors (Lipinski definition) is 1. The van der Waals surface area contributed by atoms with Gasteiger partial charge in [-0.3, -0.25) is 0 Å². The van der Waals surface area contributed by atoms with Gasteiger partial charge in [0.05, 0.1) is 0 Å². The standard InChI is InChI=1S/C27H46N2/c1-18(29(7)8)21-14-16-27(5)23-11-10-22-19(9-12-24(28-6)25(22,2)3)17-20(23)13-15-26(21,27)4/h9,13,18,21-24,28H,10-12,14-17H2,1-8H3. The van der Waals surface area contributed by atoms with Crippen LogP contribution in [0.25, 0.3) is 0 Å². The van der Waals surface area contributed by atoms with Crippen molar-refractivity contribution in [3.8, 4) is 0 Å². The number of fused-ring (bicyclic) bond motifs is 4. The molecular weight excluding hydrogens is 352 g/mol. The Kier molecular flexibility index (Phi) is 5.39. The van der Waals surface area contributed by atoms with E-state index in [0.717, 1.165) is 17.8 Å². The second-order valence-corrected chi connectivity index (χ2v) is 12.2. The maximum absolute atomic E-state index is 3.63. The zero-order chi connectivity index (χ0) is 21.2. The third-order valence-electron chi connectivity index (χ3n) is 10.9. The summed E-state index contributed by atoms with van der Waals surface area (Å²) in [7, 11) is 6.70. The topological polar surface area (TPSA) is 15.3 Å². The van der Waals surface area contributed by atoms with Crippen LogP contribution in [0, 0.1) is 34.0 Å². The molecule has 0 aromatic carbocycles. The Balaban J connectivity index is 1.66. The van der Waals surface area contributed by atoms with Gasteiger partial charge in [0, 0.05) is 12.1 Å². The van der Waals surface area contributed by atoms with Crippen molar-refractivity contribution in [2.24, 2.45) is 34.0 Å². The second-order valence-electron chi connectivity index (χ2n) is 12.2. The molecule has 0 saturated heterocycles. The lowest BCUT2D eigenvalue weighted by Crippen LogP contribution is -2.49. The van der Waals surface area contributed by atoms with Gasteiger partial charge in [-0.05, 0) is 107 Å². The molecule has 7 unspecified atom stereocenters. The van der Waals surface area contributed by atoms with Gasteiger partial charge >= 0.3 is 0 Å². The van der Waals surface area contributed by atoms with Crippen molar-refractivity contribution in [3.63, 3.8) is 0 Å². The summed E-state index contributed by atoms with van der Waals surface area (Å²) in [5, 5.41) is 3.63. The summed E-state index contributed by atoms with van der Waals surface area (Å²) in [5.41, 5.74) is 4.83. The maximum Gasteiger partial charge on any atom is 0.0155 e. The first-order valence-electron chi connectivity index (χ1n) is 12.3. The van der Waals surface area contributed by atoms with Gasteiger partial charge in [-0.15, -0.1) is 0 Å². The fraction of sp³-hybridized carbons (Fsp3) is 0.852. The summed E-state index contributed by atoms with van der Waals surface area (Å²) in [6, 6.07) is 1.28. The van der Waals surface area contributed by atoms with Crippen LogP contribution in [0.1, 0.15) is 79.6 Å². The molecule has 4 rings (SSSR count). The minimum absolute atomic E-state index is 0.356. The van der Waals surface area contributed by atoms with E-state index in [0.29, 0.717) is 28.3 Å². The van der Waals surface area contributed by atoms with E-state index in [4.69, 9.17) is 0 Å². The molecule has 2 nitrogen and oxygen atoms in total. The largest absolute Gasteiger partial charge is 0.316 e. The lowest BCUT2D eigenvalue weighted by Gasteiger charge is -2.54. The molecule has 0 aromatic rings. The fourth-order valence-electron chi connectivity index (χ4n) is 8.41. The predicted octanol–water partition coefficient (Wildman–Crippen LogP) is 6.05. The zero-order valence-corrected chi connectivity index (χ0v) is 20.4. The average molecular weight is 399 g/mol. The third-order valence-corrected chi connectivity index (χ3v) is 10.9. The molecule has 2 saturated carbocycles. The lowest BCUT2D eigenvalue weighted by molar-refractivity contribution is -0.0122. The molecular formula is C27H46N2. The zero-order valence-electron chi connectivity index (χ0n) is 20.4. The summed E-state index contributed by atoms with van der Waals surface area (Å²) in [4.78, 5) is 2.47. The molecule has 0 aliphatic heterocycles. The monoisotopic (exact) mass is 398 g/mol. The van der Waals surface area contributed by atoms with Gasteiger partial charge in [0.25, 0.3) is 0 Å². The van der Waals surface area contributed by atoms with Crippen molar-refractivity contribution in [2.75, 3.05) is 21.1 Å². The molecule has 4 aliphatic carbocycles. The van der Waals surface area contributed by atoms with E-state index >= 15 is 0 Å². The minimum Gasteiger partial charge on any atom is -0.316 e. The van der Waals surface area contributed by atoms with Crippen molar-refractivity contribution in [1.82, 2.24) is 10.2 Å². The van der Waals surface area contributed by atoms with E-state index in [1.165, 1.54) is 44.9 Å². The average Bonchev–Trinajstić information content (AvgIpc) is 2.81. The summed E-state index contributed by atoms with van der Waals surface area (Å²) < 4.78 is 0. The molecule has 164 valence electrons. The highest BCUT2D eigenvalue weighted by atomic mass is 15.1. The van der Waals surface area contributed by atoms with Crippen LogP contribution in [0.5, 0.6) is 0 Å². The van der Waals surface area contributed by atoms with Crippen LogP contribution in [0.3, 0.4) is 0 Å². The van der Waals surface area contributed by atoms with Crippen LogP contribution >= 0.6 is 0 Å². The molecule has 0 spiro atoms. The highest BCUT2D eigenvalue weighted by Gasteiger charge is 2.61. The van der Waals surface area contributed by atoms with Crippen molar-refractivity contribution >= 4 is 0 Å². The number of rotatable bonds is 3. The highest BCUT2D eigenvalue weighted by molar-refractivity contribution is 5.32. The molecule has 7 atom stereocenters. The van der Waals surface area contributed by atoms with Crippen LogP contribution in [-0.4, -0.2) is 38.1 Å². The van der Waals surface area contributed by atoms with Gasteiger partial charge in [-0.1, -0.05) is 51.0 Å². The fourth-order valence-corrected chi connectivity index (χ4v) is 8.41. The van der Waals surface area contributed by atoms with E-state index in [1.54, 1.807) is 11.1 Å². The van der Waals surface area contributed by atoms with Crippen LogP contribution in [0.4, 0.5) is 0 Å². The van der Waals surface area contributed by atoms with Crippen molar-refractivity contribution < 1.29 is 0 Å². The van der Waals surface area contributed by atoms with Gasteiger partial charge in [0.15, 0.2) is 0 Å². The molecule has 4 aliphatic rings. The second kappa shape index (κ2) is 7.23. The predicted molar refractivity (Wildman–Crippen MR) is 125 cm³/mol. The Hall–Kier alpha value is -0.600. The molecule has 2 fully saturated rings. The van der Waals surface area contributed by atoms with Gasteiger partial charge < -0.3 is 10.2 Å². The number of allylic oxidation sites excluding steroid dienone is 3. The number of nitrogens with zero attached hydrogens (tertiary/aromatic N) is 1. The van der Waals surface area contributed by atoms with Crippen molar-refractivity contribution in [3.05, 3.63) is 23.3 Å². The molecule has 0 amide bonds. The summed E-state index contributed by atoms with van der Waals surface area (Å²) in [5.74, 6) is 2.35. The first kappa shape index (κ1) is 21.6. The molecule has 0 aromatic heterocycles. The first-order chi connectivity index (χ1) is 13.6. The molecule has 0 heterocycles. The lowest BCUT2D eigenvalue weighted by atomic mass is 9.51. The van der Waals surface area contributed by atoms with Gasteiger partial charge in [-0.2, -0.15) is 0 Å². The Bertz CT molecular complexity index is 701. The number of nitrogens with one attached hydrogen (secondary N) is 1. The van der Waals surface area contributed by atoms with Gasteiger partial charge in [0.1, 0.15) is 0 Å². The van der Waals surface area contributed by atoms with Gasteiger partial charge in [-0.25, -0.2) is 0 Å². The summed E-state index contributed by atoms with van der Waals surface area (Å²) in [6.07, 6.45) is 14.7. The Labute approximate surface area is 180 Å². The normalized spacial score (nSPS) is 44.9. The van der Waals surface area contributed by atoms with E-state index < -0.39 is 0 Å². The third kappa shape index (κ3) is 3.03. The smallest absolute Gasteiger partial charge is 0.0155 e. The highest BCUT2D eigenvalue weighted by Crippen LogP contribution is 2.68. The van der Waals surface area contributed by atoms with E-state index in [2.05, 4.69) is 78.1 Å². The summed E-state index contributed by atoms with van der Waals surface area (Å²) in [6.45, 7) is 12.8. The van der Waals surface area contributed by atoms with Crippen LogP contribution in [0.2, 0.25) is 0 Å². The summed E-state index contributed by atoms with van der Waals surface area (Å²) >= 11 is 0. The van der Waals surface area contributed by atoms with Crippen LogP contribution in [0.15, 0.2) is 23.3 Å². The van der Waals surface area contributed by atoms with Crippen LogP contribution in [-0.2, 0) is 0 Å². The van der Waals surface area contributed by atoms with E-state index in [9.17, 15) is 0 Å². The molecule has 0 radical (unpaired) electrons. The molecule has 29 heavy (non-hydrogen) atoms. The SMILES string of the molecule is CNC1CC=C2CC3=CCC4(C)C(C(C)N(C)C)CCC4(C)C3CCC2C1(C)C. The van der Waals surface area contributed by atoms with Crippen LogP contribution < -0.4 is 5.32 Å². The Morgan fingerprint density at radius 3 is 2.28 bits per heavy atom. The molecule has 2 heteroatoms. The maximum atomic E-state index is 3.63. The molecule has 1 N–H and O–H groups in total. The quantitative estimate of drug-likeness (QED) is 0.582. The first-order valence-corrected chi connectivity index (χ1v) is 12.3. The van der Waals surface area contributed by atoms with Crippen molar-refractivity contribution in [2.45, 2.75) is 91.6 Å². The van der Waals surface area contributed by atoms with E-state index in [-0.39, 0.29) is 0 Å². The number of hydrogen-bond acceptors (Lipinski definition) is 2. The van der Waals surface area contributed by atoms with E-state index in [1.807, 2.05) is 0 Å². The van der Waals surface area contributed by atoms with Gasteiger partial charge in [0.2, 0.25) is 0 Å².